The summed E-state index contributed by atoms with van der Waals surface area (Å²) in [6, 6.07) is 0. The Hall–Kier alpha value is 0.200. The van der Waals surface area contributed by atoms with Gasteiger partial charge in [-0.1, -0.05) is 0 Å². The van der Waals surface area contributed by atoms with Crippen LogP contribution in [0.15, 0.2) is 0 Å². The Morgan fingerprint density at radius 2 is 2.17 bits per heavy atom. The van der Waals surface area contributed by atoms with E-state index in [9.17, 15) is 8.42 Å². The Morgan fingerprint density at radius 3 is 2.50 bits per heavy atom. The third-order valence-electron chi connectivity index (χ3n) is 1.89. The maximum Gasteiger partial charge on any atom is 0.235 e. The number of ether oxygens (including phenoxy) is 1. The van der Waals surface area contributed by atoms with Gasteiger partial charge in [0.2, 0.25) is 9.05 Å². The molecule has 1 fully saturated rings. The van der Waals surface area contributed by atoms with Gasteiger partial charge in [-0.3, -0.25) is 0 Å². The van der Waals surface area contributed by atoms with Crippen molar-refractivity contribution < 1.29 is 13.2 Å². The Balaban J connectivity index is 2.43. The van der Waals surface area contributed by atoms with Crippen molar-refractivity contribution >= 4 is 19.7 Å². The molecule has 0 spiro atoms. The summed E-state index contributed by atoms with van der Waals surface area (Å²) >= 11 is 0. The van der Waals surface area contributed by atoms with Gasteiger partial charge in [-0.05, 0) is 25.7 Å². The Bertz CT molecular complexity index is 233. The van der Waals surface area contributed by atoms with Crippen molar-refractivity contribution in [2.24, 2.45) is 5.92 Å². The van der Waals surface area contributed by atoms with Crippen LogP contribution in [0.3, 0.4) is 0 Å². The minimum Gasteiger partial charge on any atom is -0.377 e. The lowest BCUT2D eigenvalue weighted by Crippen LogP contribution is -2.23. The van der Waals surface area contributed by atoms with E-state index in [0.29, 0.717) is 12.5 Å². The molecule has 0 radical (unpaired) electrons. The van der Waals surface area contributed by atoms with Crippen molar-refractivity contribution in [1.29, 1.82) is 0 Å². The Labute approximate surface area is 77.5 Å². The van der Waals surface area contributed by atoms with Crippen LogP contribution in [-0.2, 0) is 13.8 Å². The van der Waals surface area contributed by atoms with Crippen LogP contribution in [0.4, 0.5) is 0 Å². The summed E-state index contributed by atoms with van der Waals surface area (Å²) in [6.45, 7) is 2.41. The molecule has 0 saturated heterocycles. The molecule has 0 aliphatic heterocycles. The highest BCUT2D eigenvalue weighted by Gasteiger charge is 2.34. The molecular formula is C7H13ClO3S. The fourth-order valence-corrected chi connectivity index (χ4v) is 2.33. The second-order valence-electron chi connectivity index (χ2n) is 3.04. The van der Waals surface area contributed by atoms with Gasteiger partial charge >= 0.3 is 0 Å². The molecule has 72 valence electrons. The van der Waals surface area contributed by atoms with E-state index in [0.717, 1.165) is 12.8 Å². The average Bonchev–Trinajstić information content (AvgIpc) is 2.63. The van der Waals surface area contributed by atoms with Gasteiger partial charge in [0.25, 0.3) is 0 Å². The van der Waals surface area contributed by atoms with Crippen molar-refractivity contribution in [1.82, 2.24) is 0 Å². The topological polar surface area (TPSA) is 43.4 Å². The molecule has 0 aromatic heterocycles. The minimum atomic E-state index is -3.40. The van der Waals surface area contributed by atoms with Gasteiger partial charge in [-0.2, -0.15) is 0 Å². The van der Waals surface area contributed by atoms with Gasteiger partial charge in [0, 0.05) is 17.3 Å². The molecule has 0 bridgehead atoms. The van der Waals surface area contributed by atoms with E-state index in [4.69, 9.17) is 15.4 Å². The second kappa shape index (κ2) is 3.94. The first kappa shape index (κ1) is 10.3. The van der Waals surface area contributed by atoms with Crippen LogP contribution >= 0.6 is 10.7 Å². The number of rotatable bonds is 5. The van der Waals surface area contributed by atoms with Crippen LogP contribution in [0.5, 0.6) is 0 Å². The standard InChI is InChI=1S/C7H13ClO3S/c1-2-11-7(6-3-4-6)5-12(8,9)10/h6-7H,2-5H2,1H3/t7-/m0/s1. The van der Waals surface area contributed by atoms with Crippen molar-refractivity contribution in [3.63, 3.8) is 0 Å². The molecule has 0 amide bonds. The summed E-state index contributed by atoms with van der Waals surface area (Å²) in [7, 11) is 1.72. The largest absolute Gasteiger partial charge is 0.377 e. The normalized spacial score (nSPS) is 20.8. The molecule has 0 aromatic carbocycles. The van der Waals surface area contributed by atoms with E-state index in [1.807, 2.05) is 6.92 Å². The van der Waals surface area contributed by atoms with Crippen LogP contribution in [0, 0.1) is 5.92 Å². The van der Waals surface area contributed by atoms with Crippen molar-refractivity contribution in [2.75, 3.05) is 12.4 Å². The molecule has 0 heterocycles. The van der Waals surface area contributed by atoms with Gasteiger partial charge < -0.3 is 4.74 Å². The van der Waals surface area contributed by atoms with Gasteiger partial charge in [-0.25, -0.2) is 8.42 Å². The van der Waals surface area contributed by atoms with Crippen LogP contribution in [0.1, 0.15) is 19.8 Å². The summed E-state index contributed by atoms with van der Waals surface area (Å²) < 4.78 is 26.7. The zero-order valence-electron chi connectivity index (χ0n) is 6.99. The zero-order chi connectivity index (χ0) is 9.19. The molecule has 3 nitrogen and oxygen atoms in total. The molecule has 1 rings (SSSR count). The van der Waals surface area contributed by atoms with Crippen LogP contribution in [-0.4, -0.2) is 26.9 Å². The lowest BCUT2D eigenvalue weighted by atomic mass is 10.3. The van der Waals surface area contributed by atoms with E-state index < -0.39 is 9.05 Å². The second-order valence-corrected chi connectivity index (χ2v) is 5.86. The molecule has 0 N–H and O–H groups in total. The monoisotopic (exact) mass is 212 g/mol. The Morgan fingerprint density at radius 1 is 1.58 bits per heavy atom. The number of hydrogen-bond donors (Lipinski definition) is 0. The summed E-state index contributed by atoms with van der Waals surface area (Å²) in [5.74, 6) is 0.367. The molecule has 0 aromatic rings. The maximum absolute atomic E-state index is 10.7. The summed E-state index contributed by atoms with van der Waals surface area (Å²) in [5, 5.41) is 0. The predicted octanol–water partition coefficient (Wildman–Crippen LogP) is 1.37. The fraction of sp³-hybridized carbons (Fsp3) is 1.00. The molecular weight excluding hydrogens is 200 g/mol. The lowest BCUT2D eigenvalue weighted by Gasteiger charge is -2.13. The molecule has 12 heavy (non-hydrogen) atoms. The van der Waals surface area contributed by atoms with E-state index in [1.54, 1.807) is 0 Å². The SMILES string of the molecule is CCO[C@@H](CS(=O)(=O)Cl)C1CC1. The molecule has 1 atom stereocenters. The highest BCUT2D eigenvalue weighted by Crippen LogP contribution is 2.35. The third-order valence-corrected chi connectivity index (χ3v) is 3.00. The molecule has 5 heteroatoms. The maximum atomic E-state index is 10.7. The van der Waals surface area contributed by atoms with E-state index in [-0.39, 0.29) is 11.9 Å². The predicted molar refractivity (Wildman–Crippen MR) is 47.8 cm³/mol. The Kier molecular flexibility index (Phi) is 3.37. The highest BCUT2D eigenvalue weighted by atomic mass is 35.7. The van der Waals surface area contributed by atoms with E-state index >= 15 is 0 Å². The van der Waals surface area contributed by atoms with Gasteiger partial charge in [0.15, 0.2) is 0 Å². The molecule has 0 unspecified atom stereocenters. The molecule has 1 aliphatic carbocycles. The first-order chi connectivity index (χ1) is 5.53. The summed E-state index contributed by atoms with van der Waals surface area (Å²) in [5.41, 5.74) is 0. The lowest BCUT2D eigenvalue weighted by molar-refractivity contribution is 0.0634. The summed E-state index contributed by atoms with van der Waals surface area (Å²) in [4.78, 5) is 0. The first-order valence-corrected chi connectivity index (χ1v) is 6.54. The van der Waals surface area contributed by atoms with Crippen LogP contribution < -0.4 is 0 Å². The highest BCUT2D eigenvalue weighted by molar-refractivity contribution is 8.13. The number of halogens is 1. The first-order valence-electron chi connectivity index (χ1n) is 4.07. The van der Waals surface area contributed by atoms with Crippen molar-refractivity contribution in [3.8, 4) is 0 Å². The minimum absolute atomic E-state index is 0.0485. The van der Waals surface area contributed by atoms with Gasteiger partial charge in [0.05, 0.1) is 11.9 Å². The zero-order valence-corrected chi connectivity index (χ0v) is 8.57. The van der Waals surface area contributed by atoms with Crippen LogP contribution in [0.2, 0.25) is 0 Å². The van der Waals surface area contributed by atoms with Gasteiger partial charge in [0.1, 0.15) is 0 Å². The molecule has 1 saturated carbocycles. The van der Waals surface area contributed by atoms with Gasteiger partial charge in [-0.15, -0.1) is 0 Å². The van der Waals surface area contributed by atoms with Crippen LogP contribution in [0.25, 0.3) is 0 Å². The average molecular weight is 213 g/mol. The van der Waals surface area contributed by atoms with E-state index in [2.05, 4.69) is 0 Å². The third kappa shape index (κ3) is 3.74. The smallest absolute Gasteiger partial charge is 0.235 e. The fourth-order valence-electron chi connectivity index (χ4n) is 1.20. The quantitative estimate of drug-likeness (QED) is 0.647. The van der Waals surface area contributed by atoms with E-state index in [1.165, 1.54) is 0 Å². The molecule has 1 aliphatic rings. The summed E-state index contributed by atoms with van der Waals surface area (Å²) in [6.07, 6.45) is 1.95. The van der Waals surface area contributed by atoms with Crippen molar-refractivity contribution in [2.45, 2.75) is 25.9 Å². The number of hydrogen-bond acceptors (Lipinski definition) is 3. The van der Waals surface area contributed by atoms with Crippen molar-refractivity contribution in [3.05, 3.63) is 0 Å².